The van der Waals surface area contributed by atoms with E-state index in [1.165, 1.54) is 5.56 Å². The Morgan fingerprint density at radius 3 is 2.33 bits per heavy atom. The quantitative estimate of drug-likeness (QED) is 0.818. The molecule has 1 rings (SSSR count). The average molecular weight is 330 g/mol. The van der Waals surface area contributed by atoms with E-state index >= 15 is 0 Å². The fourth-order valence-electron chi connectivity index (χ4n) is 1.43. The number of hydrogen-bond donors (Lipinski definition) is 1. The molecular weight excluding hydrogens is 306 g/mol. The summed E-state index contributed by atoms with van der Waals surface area (Å²) >= 11 is 3.55. The maximum Gasteiger partial charge on any atom is 0.250 e. The number of nitrogens with one attached hydrogen (secondary N) is 1. The molecule has 0 aromatic heterocycles. The molecule has 102 valence electrons. The van der Waals surface area contributed by atoms with Crippen molar-refractivity contribution in [1.29, 1.82) is 0 Å². The molecular formula is C14H24BrNOSi. The van der Waals surface area contributed by atoms with Crippen LogP contribution in [-0.4, -0.2) is 15.4 Å². The van der Waals surface area contributed by atoms with Crippen LogP contribution < -0.4 is 9.74 Å². The molecule has 0 aliphatic heterocycles. The highest BCUT2D eigenvalue weighted by atomic mass is 79.9. The van der Waals surface area contributed by atoms with Crippen molar-refractivity contribution in [2.45, 2.75) is 45.4 Å². The van der Waals surface area contributed by atoms with Crippen LogP contribution in [0.1, 0.15) is 26.3 Å². The van der Waals surface area contributed by atoms with Crippen LogP contribution in [0, 0.1) is 0 Å². The van der Waals surface area contributed by atoms with Crippen molar-refractivity contribution in [3.05, 3.63) is 28.2 Å². The molecule has 18 heavy (non-hydrogen) atoms. The van der Waals surface area contributed by atoms with Crippen molar-refractivity contribution in [3.63, 3.8) is 0 Å². The lowest BCUT2D eigenvalue weighted by Gasteiger charge is -2.36. The summed E-state index contributed by atoms with van der Waals surface area (Å²) in [7, 11) is 0.198. The van der Waals surface area contributed by atoms with Gasteiger partial charge < -0.3 is 9.74 Å². The molecule has 1 aromatic carbocycles. The van der Waals surface area contributed by atoms with Crippen LogP contribution in [0.15, 0.2) is 22.7 Å². The van der Waals surface area contributed by atoms with Crippen molar-refractivity contribution >= 4 is 24.2 Å². The Labute approximate surface area is 120 Å². The molecule has 1 N–H and O–H groups in total. The van der Waals surface area contributed by atoms with Crippen molar-refractivity contribution < 1.29 is 4.43 Å². The Kier molecular flexibility index (Phi) is 5.03. The molecule has 0 fully saturated rings. The van der Waals surface area contributed by atoms with Gasteiger partial charge in [-0.25, -0.2) is 0 Å². The van der Waals surface area contributed by atoms with E-state index in [9.17, 15) is 0 Å². The Hall–Kier alpha value is -0.323. The van der Waals surface area contributed by atoms with Gasteiger partial charge in [-0.1, -0.05) is 36.7 Å². The van der Waals surface area contributed by atoms with E-state index in [1.54, 1.807) is 0 Å². The first-order valence-electron chi connectivity index (χ1n) is 6.29. The van der Waals surface area contributed by atoms with E-state index in [1.807, 2.05) is 7.05 Å². The fraction of sp³-hybridized carbons (Fsp3) is 0.571. The van der Waals surface area contributed by atoms with E-state index in [4.69, 9.17) is 4.43 Å². The molecule has 0 atom stereocenters. The topological polar surface area (TPSA) is 21.3 Å². The summed E-state index contributed by atoms with van der Waals surface area (Å²) in [6, 6.07) is 6.30. The third kappa shape index (κ3) is 4.11. The van der Waals surface area contributed by atoms with Gasteiger partial charge in [0, 0.05) is 11.0 Å². The zero-order valence-electron chi connectivity index (χ0n) is 12.2. The lowest BCUT2D eigenvalue weighted by molar-refractivity contribution is 0.491. The van der Waals surface area contributed by atoms with Crippen LogP contribution in [0.4, 0.5) is 0 Å². The molecule has 4 heteroatoms. The first-order chi connectivity index (χ1) is 8.15. The second kappa shape index (κ2) is 5.76. The largest absolute Gasteiger partial charge is 0.543 e. The van der Waals surface area contributed by atoms with E-state index < -0.39 is 8.32 Å². The van der Waals surface area contributed by atoms with Gasteiger partial charge in [0.25, 0.3) is 0 Å². The van der Waals surface area contributed by atoms with Gasteiger partial charge in [0.1, 0.15) is 5.75 Å². The van der Waals surface area contributed by atoms with Gasteiger partial charge in [-0.05, 0) is 48.9 Å². The van der Waals surface area contributed by atoms with Gasteiger partial charge in [0.2, 0.25) is 8.32 Å². The van der Waals surface area contributed by atoms with Crippen LogP contribution in [0.25, 0.3) is 0 Å². The summed E-state index contributed by atoms with van der Waals surface area (Å²) in [6.45, 7) is 12.2. The standard InChI is InChI=1S/C14H24BrNOSi/c1-14(2,3)18(5,6)17-13-8-11(10-16-4)7-12(15)9-13/h7-9,16H,10H2,1-6H3. The molecule has 0 saturated carbocycles. The highest BCUT2D eigenvalue weighted by Crippen LogP contribution is 2.38. The van der Waals surface area contributed by atoms with Crippen molar-refractivity contribution in [2.75, 3.05) is 7.05 Å². The summed E-state index contributed by atoms with van der Waals surface area (Å²) < 4.78 is 7.39. The highest BCUT2D eigenvalue weighted by molar-refractivity contribution is 9.10. The fourth-order valence-corrected chi connectivity index (χ4v) is 2.97. The lowest BCUT2D eigenvalue weighted by atomic mass is 10.2. The van der Waals surface area contributed by atoms with E-state index in [0.717, 1.165) is 16.8 Å². The van der Waals surface area contributed by atoms with Crippen molar-refractivity contribution in [3.8, 4) is 5.75 Å². The van der Waals surface area contributed by atoms with E-state index in [2.05, 4.69) is 73.3 Å². The highest BCUT2D eigenvalue weighted by Gasteiger charge is 2.39. The lowest BCUT2D eigenvalue weighted by Crippen LogP contribution is -2.43. The number of benzene rings is 1. The zero-order chi connectivity index (χ0) is 14.0. The average Bonchev–Trinajstić information content (AvgIpc) is 2.13. The predicted octanol–water partition coefficient (Wildman–Crippen LogP) is 4.55. The van der Waals surface area contributed by atoms with Crippen LogP contribution in [-0.2, 0) is 6.54 Å². The molecule has 1 aromatic rings. The maximum absolute atomic E-state index is 6.32. The van der Waals surface area contributed by atoms with Crippen LogP contribution in [0.5, 0.6) is 5.75 Å². The van der Waals surface area contributed by atoms with Crippen molar-refractivity contribution in [2.24, 2.45) is 0 Å². The zero-order valence-corrected chi connectivity index (χ0v) is 14.8. The first kappa shape index (κ1) is 15.7. The monoisotopic (exact) mass is 329 g/mol. The Balaban J connectivity index is 2.97. The smallest absolute Gasteiger partial charge is 0.250 e. The summed E-state index contributed by atoms with van der Waals surface area (Å²) in [5.41, 5.74) is 1.24. The van der Waals surface area contributed by atoms with Crippen LogP contribution in [0.3, 0.4) is 0 Å². The SMILES string of the molecule is CNCc1cc(Br)cc(O[Si](C)(C)C(C)(C)C)c1. The molecule has 0 amide bonds. The normalized spacial score (nSPS) is 12.6. The minimum atomic E-state index is -1.76. The Morgan fingerprint density at radius 1 is 1.22 bits per heavy atom. The summed E-state index contributed by atoms with van der Waals surface area (Å²) in [4.78, 5) is 0. The molecule has 2 nitrogen and oxygen atoms in total. The van der Waals surface area contributed by atoms with Gasteiger partial charge in [0.05, 0.1) is 0 Å². The molecule has 0 unspecified atom stereocenters. The third-order valence-corrected chi connectivity index (χ3v) is 8.31. The Bertz CT molecular complexity index is 413. The molecule has 0 spiro atoms. The second-order valence-corrected chi connectivity index (χ2v) is 11.8. The molecule has 0 heterocycles. The minimum absolute atomic E-state index is 0.221. The third-order valence-electron chi connectivity index (χ3n) is 3.49. The molecule has 0 radical (unpaired) electrons. The van der Waals surface area contributed by atoms with Gasteiger partial charge in [-0.15, -0.1) is 0 Å². The second-order valence-electron chi connectivity index (χ2n) is 6.19. The molecule has 0 bridgehead atoms. The number of rotatable bonds is 4. The van der Waals surface area contributed by atoms with Gasteiger partial charge in [0.15, 0.2) is 0 Å². The van der Waals surface area contributed by atoms with Crippen molar-refractivity contribution in [1.82, 2.24) is 5.32 Å². The minimum Gasteiger partial charge on any atom is -0.543 e. The first-order valence-corrected chi connectivity index (χ1v) is 9.99. The molecule has 0 saturated heterocycles. The van der Waals surface area contributed by atoms with E-state index in [-0.39, 0.29) is 5.04 Å². The van der Waals surface area contributed by atoms with Crippen LogP contribution >= 0.6 is 15.9 Å². The summed E-state index contributed by atoms with van der Waals surface area (Å²) in [5.74, 6) is 0.973. The van der Waals surface area contributed by atoms with Gasteiger partial charge in [-0.3, -0.25) is 0 Å². The Morgan fingerprint density at radius 2 is 1.83 bits per heavy atom. The van der Waals surface area contributed by atoms with Gasteiger partial charge >= 0.3 is 0 Å². The van der Waals surface area contributed by atoms with Gasteiger partial charge in [-0.2, -0.15) is 0 Å². The number of halogens is 1. The van der Waals surface area contributed by atoms with E-state index in [0.29, 0.717) is 0 Å². The summed E-state index contributed by atoms with van der Waals surface area (Å²) in [5, 5.41) is 3.39. The maximum atomic E-state index is 6.32. The van der Waals surface area contributed by atoms with Crippen LogP contribution in [0.2, 0.25) is 18.1 Å². The number of hydrogen-bond acceptors (Lipinski definition) is 2. The molecule has 0 aliphatic rings. The summed E-state index contributed by atoms with van der Waals surface area (Å²) in [6.07, 6.45) is 0. The molecule has 0 aliphatic carbocycles. The predicted molar refractivity (Wildman–Crippen MR) is 84.7 cm³/mol.